The Labute approximate surface area is 110 Å². The first kappa shape index (κ1) is 13.3. The van der Waals surface area contributed by atoms with Crippen molar-refractivity contribution >= 4 is 17.7 Å². The minimum absolute atomic E-state index is 0.0811. The molecule has 1 heterocycles. The molecule has 0 radical (unpaired) electrons. The lowest BCUT2D eigenvalue weighted by atomic mass is 10.0. The summed E-state index contributed by atoms with van der Waals surface area (Å²) in [7, 11) is 0. The van der Waals surface area contributed by atoms with Gasteiger partial charge < -0.3 is 10.4 Å². The van der Waals surface area contributed by atoms with E-state index < -0.39 is 5.97 Å². The molecule has 0 saturated carbocycles. The zero-order valence-electron chi connectivity index (χ0n) is 10.3. The first-order valence-electron chi connectivity index (χ1n) is 6.09. The summed E-state index contributed by atoms with van der Waals surface area (Å²) in [5.74, 6) is -1.12. The monoisotopic (exact) mass is 266 g/mol. The van der Waals surface area contributed by atoms with Crippen molar-refractivity contribution < 1.29 is 19.1 Å². The van der Waals surface area contributed by atoms with E-state index in [9.17, 15) is 14.0 Å². The summed E-state index contributed by atoms with van der Waals surface area (Å²) in [5.41, 5.74) is 0.610. The number of urea groups is 1. The van der Waals surface area contributed by atoms with Gasteiger partial charge in [-0.25, -0.2) is 9.18 Å². The molecule has 1 saturated heterocycles. The van der Waals surface area contributed by atoms with E-state index in [0.29, 0.717) is 25.2 Å². The van der Waals surface area contributed by atoms with Crippen molar-refractivity contribution in [3.05, 3.63) is 30.1 Å². The Morgan fingerprint density at radius 3 is 2.74 bits per heavy atom. The fraction of sp³-hybridized carbons (Fsp3) is 0.385. The largest absolute Gasteiger partial charge is 0.481 e. The lowest BCUT2D eigenvalue weighted by Gasteiger charge is -2.33. The first-order chi connectivity index (χ1) is 9.06. The Bertz CT molecular complexity index is 475. The molecular weight excluding hydrogens is 251 g/mol. The Morgan fingerprint density at radius 2 is 2.11 bits per heavy atom. The molecule has 2 N–H and O–H groups in total. The van der Waals surface area contributed by atoms with E-state index >= 15 is 0 Å². The first-order valence-corrected chi connectivity index (χ1v) is 6.09. The average Bonchev–Trinajstić information content (AvgIpc) is 2.39. The zero-order chi connectivity index (χ0) is 13.8. The maximum Gasteiger partial charge on any atom is 0.321 e. The minimum Gasteiger partial charge on any atom is -0.481 e. The van der Waals surface area contributed by atoms with Gasteiger partial charge in [0.2, 0.25) is 0 Å². The van der Waals surface area contributed by atoms with Gasteiger partial charge in [0.15, 0.2) is 0 Å². The van der Waals surface area contributed by atoms with Gasteiger partial charge in [0, 0.05) is 25.2 Å². The number of benzene rings is 1. The SMILES string of the molecule is O=C(O)CCC1CNC(=O)N(c2ccc(F)cc2)C1. The second kappa shape index (κ2) is 5.69. The van der Waals surface area contributed by atoms with E-state index in [-0.39, 0.29) is 24.2 Å². The lowest BCUT2D eigenvalue weighted by Crippen LogP contribution is -2.51. The zero-order valence-corrected chi connectivity index (χ0v) is 10.3. The third-order valence-electron chi connectivity index (χ3n) is 3.13. The highest BCUT2D eigenvalue weighted by Gasteiger charge is 2.26. The highest BCUT2D eigenvalue weighted by Crippen LogP contribution is 2.21. The van der Waals surface area contributed by atoms with Crippen LogP contribution in [0.15, 0.2) is 24.3 Å². The fourth-order valence-electron chi connectivity index (χ4n) is 2.10. The summed E-state index contributed by atoms with van der Waals surface area (Å²) in [6.07, 6.45) is 0.588. The van der Waals surface area contributed by atoms with Crippen LogP contribution in [0.25, 0.3) is 0 Å². The number of nitrogens with one attached hydrogen (secondary N) is 1. The molecule has 1 atom stereocenters. The normalized spacial score (nSPS) is 19.1. The van der Waals surface area contributed by atoms with Crippen LogP contribution in [-0.4, -0.2) is 30.2 Å². The van der Waals surface area contributed by atoms with Crippen molar-refractivity contribution in [1.29, 1.82) is 0 Å². The van der Waals surface area contributed by atoms with Gasteiger partial charge in [-0.1, -0.05) is 0 Å². The third-order valence-corrected chi connectivity index (χ3v) is 3.13. The van der Waals surface area contributed by atoms with Crippen LogP contribution in [-0.2, 0) is 4.79 Å². The van der Waals surface area contributed by atoms with E-state index in [1.807, 2.05) is 0 Å². The maximum absolute atomic E-state index is 12.9. The van der Waals surface area contributed by atoms with Gasteiger partial charge in [-0.2, -0.15) is 0 Å². The summed E-state index contributed by atoms with van der Waals surface area (Å²) < 4.78 is 12.9. The van der Waals surface area contributed by atoms with Gasteiger partial charge in [0.1, 0.15) is 5.82 Å². The highest BCUT2D eigenvalue weighted by molar-refractivity contribution is 5.92. The van der Waals surface area contributed by atoms with E-state index in [1.165, 1.54) is 29.2 Å². The van der Waals surface area contributed by atoms with Crippen molar-refractivity contribution in [2.75, 3.05) is 18.0 Å². The number of rotatable bonds is 4. The predicted octanol–water partition coefficient (Wildman–Crippen LogP) is 1.84. The van der Waals surface area contributed by atoms with Crippen molar-refractivity contribution in [2.24, 2.45) is 5.92 Å². The summed E-state index contributed by atoms with van der Waals surface area (Å²) in [4.78, 5) is 23.8. The lowest BCUT2D eigenvalue weighted by molar-refractivity contribution is -0.137. The molecule has 1 aliphatic rings. The van der Waals surface area contributed by atoms with Crippen LogP contribution in [0.1, 0.15) is 12.8 Å². The minimum atomic E-state index is -0.842. The molecule has 0 bridgehead atoms. The predicted molar refractivity (Wildman–Crippen MR) is 67.5 cm³/mol. The van der Waals surface area contributed by atoms with Crippen LogP contribution in [0.5, 0.6) is 0 Å². The standard InChI is InChI=1S/C13H15FN2O3/c14-10-2-4-11(5-3-10)16-8-9(1-6-12(17)18)7-15-13(16)19/h2-5,9H,1,6-8H2,(H,15,19)(H,17,18). The number of carbonyl (C=O) groups excluding carboxylic acids is 1. The summed E-state index contributed by atoms with van der Waals surface area (Å²) in [6, 6.07) is 5.42. The Kier molecular flexibility index (Phi) is 3.99. The molecular formula is C13H15FN2O3. The molecule has 2 amide bonds. The number of carboxylic acid groups (broad SMARTS) is 1. The van der Waals surface area contributed by atoms with Crippen LogP contribution < -0.4 is 10.2 Å². The number of aliphatic carboxylic acids is 1. The number of halogens is 1. The molecule has 1 aliphatic heterocycles. The molecule has 0 aliphatic carbocycles. The molecule has 5 nitrogen and oxygen atoms in total. The molecule has 0 aromatic heterocycles. The van der Waals surface area contributed by atoms with Crippen LogP contribution in [0.4, 0.5) is 14.9 Å². The number of nitrogens with zero attached hydrogens (tertiary/aromatic N) is 1. The van der Waals surface area contributed by atoms with Crippen molar-refractivity contribution in [2.45, 2.75) is 12.8 Å². The van der Waals surface area contributed by atoms with Crippen molar-refractivity contribution in [1.82, 2.24) is 5.32 Å². The second-order valence-electron chi connectivity index (χ2n) is 4.57. The molecule has 1 aromatic carbocycles. The molecule has 2 rings (SSSR count). The van der Waals surface area contributed by atoms with Crippen LogP contribution in [0.3, 0.4) is 0 Å². The number of hydrogen-bond donors (Lipinski definition) is 2. The van der Waals surface area contributed by atoms with Gasteiger partial charge >= 0.3 is 12.0 Å². The molecule has 19 heavy (non-hydrogen) atoms. The van der Waals surface area contributed by atoms with E-state index in [1.54, 1.807) is 0 Å². The van der Waals surface area contributed by atoms with Crippen molar-refractivity contribution in [3.8, 4) is 0 Å². The maximum atomic E-state index is 12.9. The molecule has 1 unspecified atom stereocenters. The second-order valence-corrected chi connectivity index (χ2v) is 4.57. The van der Waals surface area contributed by atoms with Crippen LogP contribution in [0.2, 0.25) is 0 Å². The Morgan fingerprint density at radius 1 is 1.42 bits per heavy atom. The number of carbonyl (C=O) groups is 2. The topological polar surface area (TPSA) is 69.6 Å². The number of anilines is 1. The van der Waals surface area contributed by atoms with Gasteiger partial charge in [-0.3, -0.25) is 9.69 Å². The van der Waals surface area contributed by atoms with Crippen molar-refractivity contribution in [3.63, 3.8) is 0 Å². The van der Waals surface area contributed by atoms with Gasteiger partial charge in [-0.05, 0) is 36.6 Å². The summed E-state index contributed by atoms with van der Waals surface area (Å²) in [6.45, 7) is 0.925. The van der Waals surface area contributed by atoms with Crippen LogP contribution >= 0.6 is 0 Å². The molecule has 1 aromatic rings. The molecule has 1 fully saturated rings. The van der Waals surface area contributed by atoms with Gasteiger partial charge in [0.25, 0.3) is 0 Å². The number of hydrogen-bond acceptors (Lipinski definition) is 2. The molecule has 6 heteroatoms. The Balaban J connectivity index is 2.04. The molecule has 0 spiro atoms. The van der Waals surface area contributed by atoms with Crippen LogP contribution in [0, 0.1) is 11.7 Å². The number of amides is 2. The molecule has 102 valence electrons. The Hall–Kier alpha value is -2.11. The number of carboxylic acids is 1. The quantitative estimate of drug-likeness (QED) is 0.873. The summed E-state index contributed by atoms with van der Waals surface area (Å²) in [5, 5.41) is 11.4. The van der Waals surface area contributed by atoms with E-state index in [2.05, 4.69) is 5.32 Å². The fourth-order valence-corrected chi connectivity index (χ4v) is 2.10. The van der Waals surface area contributed by atoms with E-state index in [4.69, 9.17) is 5.11 Å². The van der Waals surface area contributed by atoms with Gasteiger partial charge in [-0.15, -0.1) is 0 Å². The smallest absolute Gasteiger partial charge is 0.321 e. The average molecular weight is 266 g/mol. The third kappa shape index (κ3) is 3.43. The highest BCUT2D eigenvalue weighted by atomic mass is 19.1. The summed E-state index contributed by atoms with van der Waals surface area (Å²) >= 11 is 0. The van der Waals surface area contributed by atoms with Gasteiger partial charge in [0.05, 0.1) is 0 Å². The van der Waals surface area contributed by atoms with E-state index in [0.717, 1.165) is 0 Å².